The summed E-state index contributed by atoms with van der Waals surface area (Å²) in [6.45, 7) is 4.91. The van der Waals surface area contributed by atoms with Crippen molar-refractivity contribution in [1.29, 1.82) is 0 Å². The lowest BCUT2D eigenvalue weighted by Crippen LogP contribution is -2.56. The Morgan fingerprint density at radius 3 is 2.49 bits per heavy atom. The Morgan fingerprint density at radius 2 is 1.79 bits per heavy atom. The maximum absolute atomic E-state index is 14.2. The first kappa shape index (κ1) is 31.0. The predicted octanol–water partition coefficient (Wildman–Crippen LogP) is 3.74. The number of methoxy groups -OCH3 is 1. The molecule has 13 heteroatoms. The molecule has 2 fully saturated rings. The van der Waals surface area contributed by atoms with E-state index in [0.29, 0.717) is 56.3 Å². The number of para-hydroxylation sites is 2. The third kappa shape index (κ3) is 6.89. The van der Waals surface area contributed by atoms with E-state index in [4.69, 9.17) is 14.5 Å². The van der Waals surface area contributed by atoms with Crippen LogP contribution in [0.5, 0.6) is 0 Å². The Hall–Kier alpha value is -3.42. The van der Waals surface area contributed by atoms with Gasteiger partial charge in [-0.25, -0.2) is 13.8 Å². The Kier molecular flexibility index (Phi) is 10.0. The minimum absolute atomic E-state index is 0.0535. The summed E-state index contributed by atoms with van der Waals surface area (Å²) in [5.41, 5.74) is 0.955. The fraction of sp³-hybridized carbons (Fsp3) is 0.600. The van der Waals surface area contributed by atoms with Gasteiger partial charge in [0, 0.05) is 44.9 Å². The second kappa shape index (κ2) is 13.9. The number of benzene rings is 1. The average Bonchev–Trinajstić information content (AvgIpc) is 3.42. The van der Waals surface area contributed by atoms with Crippen LogP contribution in [0.3, 0.4) is 0 Å². The van der Waals surface area contributed by atoms with Crippen molar-refractivity contribution in [1.82, 2.24) is 29.3 Å². The van der Waals surface area contributed by atoms with Crippen LogP contribution >= 0.6 is 0 Å². The van der Waals surface area contributed by atoms with Crippen LogP contribution in [0.15, 0.2) is 30.3 Å². The molecule has 1 N–H and O–H groups in total. The van der Waals surface area contributed by atoms with Crippen LogP contribution in [-0.2, 0) is 14.3 Å². The van der Waals surface area contributed by atoms with Gasteiger partial charge in [0.1, 0.15) is 17.7 Å². The first-order valence-corrected chi connectivity index (χ1v) is 15.0. The molecule has 43 heavy (non-hydrogen) atoms. The molecule has 3 heterocycles. The standard InChI is InChI=1S/C30H42F2N8O3/c1-20(29(41)39(15-16-42-4)24-12-8-7-11-23(24)37(2)3)33-30-35-25(38-13-17-43-18-14-38)19-26(36-30)40-22-10-6-5-9-21(22)34-28(40)27(31)32/h5-6,9-10,19-20,23-24,27H,7-8,11-18H2,1-4H3,(H,33,35,36)/t20-,23?,24?/m0/s1. The molecule has 0 radical (unpaired) electrons. The van der Waals surface area contributed by atoms with Gasteiger partial charge in [0.2, 0.25) is 11.9 Å². The number of fused-ring (bicyclic) bond motifs is 1. The van der Waals surface area contributed by atoms with Crippen LogP contribution < -0.4 is 10.2 Å². The Bertz CT molecular complexity index is 1380. The number of anilines is 2. The summed E-state index contributed by atoms with van der Waals surface area (Å²) in [6, 6.07) is 8.29. The van der Waals surface area contributed by atoms with Crippen molar-refractivity contribution in [3.8, 4) is 5.82 Å². The van der Waals surface area contributed by atoms with Crippen molar-refractivity contribution in [2.75, 3.05) is 70.9 Å². The number of hydrogen-bond acceptors (Lipinski definition) is 9. The molecular formula is C30H42F2N8O3. The number of alkyl halides is 2. The lowest BCUT2D eigenvalue weighted by atomic mass is 9.88. The molecule has 3 atom stereocenters. The summed E-state index contributed by atoms with van der Waals surface area (Å²) in [4.78, 5) is 33.8. The van der Waals surface area contributed by atoms with Crippen molar-refractivity contribution < 1.29 is 23.0 Å². The van der Waals surface area contributed by atoms with Crippen molar-refractivity contribution in [3.05, 3.63) is 36.2 Å². The topological polar surface area (TPSA) is 101 Å². The Morgan fingerprint density at radius 1 is 1.09 bits per heavy atom. The number of amides is 1. The monoisotopic (exact) mass is 600 g/mol. The van der Waals surface area contributed by atoms with Gasteiger partial charge in [-0.15, -0.1) is 0 Å². The number of aromatic nitrogens is 4. The molecule has 1 aliphatic carbocycles. The number of hydrogen-bond donors (Lipinski definition) is 1. The molecule has 0 bridgehead atoms. The molecule has 11 nitrogen and oxygen atoms in total. The normalized spacial score (nSPS) is 20.1. The van der Waals surface area contributed by atoms with E-state index in [0.717, 1.165) is 25.7 Å². The van der Waals surface area contributed by atoms with E-state index in [9.17, 15) is 13.6 Å². The number of rotatable bonds is 11. The third-order valence-electron chi connectivity index (χ3n) is 8.34. The van der Waals surface area contributed by atoms with Gasteiger partial charge in [0.25, 0.3) is 6.43 Å². The fourth-order valence-electron chi connectivity index (χ4n) is 6.18. The number of imidazole rings is 1. The molecular weight excluding hydrogens is 558 g/mol. The van der Waals surface area contributed by atoms with Crippen molar-refractivity contribution in [3.63, 3.8) is 0 Å². The van der Waals surface area contributed by atoms with Crippen LogP contribution in [0.25, 0.3) is 16.9 Å². The van der Waals surface area contributed by atoms with E-state index >= 15 is 0 Å². The molecule has 1 amide bonds. The molecule has 1 aromatic carbocycles. The highest BCUT2D eigenvalue weighted by molar-refractivity contribution is 5.84. The number of carbonyl (C=O) groups excluding carboxylic acids is 1. The number of halogens is 2. The zero-order chi connectivity index (χ0) is 30.5. The van der Waals surface area contributed by atoms with Gasteiger partial charge in [-0.05, 0) is 46.0 Å². The van der Waals surface area contributed by atoms with E-state index in [1.54, 1.807) is 44.4 Å². The fourth-order valence-corrected chi connectivity index (χ4v) is 6.18. The quantitative estimate of drug-likeness (QED) is 0.353. The molecule has 3 aromatic rings. The molecule has 5 rings (SSSR count). The molecule has 234 valence electrons. The zero-order valence-electron chi connectivity index (χ0n) is 25.4. The zero-order valence-corrected chi connectivity index (χ0v) is 25.4. The van der Waals surface area contributed by atoms with Gasteiger partial charge in [-0.3, -0.25) is 9.36 Å². The maximum Gasteiger partial charge on any atom is 0.296 e. The van der Waals surface area contributed by atoms with Gasteiger partial charge < -0.3 is 29.5 Å². The molecule has 1 aliphatic heterocycles. The van der Waals surface area contributed by atoms with Crippen molar-refractivity contribution in [2.24, 2.45) is 0 Å². The van der Waals surface area contributed by atoms with E-state index in [1.165, 1.54) is 4.57 Å². The van der Waals surface area contributed by atoms with Crippen molar-refractivity contribution >= 4 is 28.7 Å². The Labute approximate surface area is 251 Å². The predicted molar refractivity (Wildman–Crippen MR) is 161 cm³/mol. The van der Waals surface area contributed by atoms with E-state index in [-0.39, 0.29) is 29.8 Å². The maximum atomic E-state index is 14.2. The van der Waals surface area contributed by atoms with Crippen molar-refractivity contribution in [2.45, 2.75) is 57.2 Å². The third-order valence-corrected chi connectivity index (χ3v) is 8.34. The van der Waals surface area contributed by atoms with Crippen LogP contribution in [0.4, 0.5) is 20.5 Å². The number of carbonyl (C=O) groups is 1. The molecule has 0 spiro atoms. The van der Waals surface area contributed by atoms with Crippen LogP contribution in [0, 0.1) is 0 Å². The van der Waals surface area contributed by atoms with Gasteiger partial charge in [-0.1, -0.05) is 25.0 Å². The highest BCUT2D eigenvalue weighted by atomic mass is 19.3. The first-order chi connectivity index (χ1) is 20.8. The van der Waals surface area contributed by atoms with Crippen LogP contribution in [-0.4, -0.2) is 114 Å². The van der Waals surface area contributed by atoms with E-state index in [1.807, 2.05) is 9.80 Å². The molecule has 1 saturated carbocycles. The summed E-state index contributed by atoms with van der Waals surface area (Å²) in [5.74, 6) is 0.501. The smallest absolute Gasteiger partial charge is 0.296 e. The molecule has 2 aliphatic rings. The molecule has 2 unspecified atom stereocenters. The van der Waals surface area contributed by atoms with Crippen LogP contribution in [0.2, 0.25) is 0 Å². The number of morpholine rings is 1. The van der Waals surface area contributed by atoms with E-state index in [2.05, 4.69) is 34.3 Å². The molecule has 1 saturated heterocycles. The Balaban J connectivity index is 1.50. The lowest BCUT2D eigenvalue weighted by Gasteiger charge is -2.43. The van der Waals surface area contributed by atoms with Gasteiger partial charge in [0.15, 0.2) is 5.82 Å². The van der Waals surface area contributed by atoms with Gasteiger partial charge >= 0.3 is 0 Å². The molecule has 2 aromatic heterocycles. The first-order valence-electron chi connectivity index (χ1n) is 15.0. The summed E-state index contributed by atoms with van der Waals surface area (Å²) in [6.07, 6.45) is 1.32. The van der Waals surface area contributed by atoms with Gasteiger partial charge in [0.05, 0.1) is 30.9 Å². The summed E-state index contributed by atoms with van der Waals surface area (Å²) >= 11 is 0. The largest absolute Gasteiger partial charge is 0.383 e. The van der Waals surface area contributed by atoms with E-state index < -0.39 is 18.3 Å². The second-order valence-corrected chi connectivity index (χ2v) is 11.4. The lowest BCUT2D eigenvalue weighted by molar-refractivity contribution is -0.137. The minimum atomic E-state index is -2.82. The average molecular weight is 601 g/mol. The number of nitrogens with zero attached hydrogens (tertiary/aromatic N) is 7. The summed E-state index contributed by atoms with van der Waals surface area (Å²) in [7, 11) is 5.75. The number of nitrogens with one attached hydrogen (secondary N) is 1. The summed E-state index contributed by atoms with van der Waals surface area (Å²) in [5, 5.41) is 3.21. The number of ether oxygens (including phenoxy) is 2. The minimum Gasteiger partial charge on any atom is -0.383 e. The second-order valence-electron chi connectivity index (χ2n) is 11.4. The highest BCUT2D eigenvalue weighted by Crippen LogP contribution is 2.30. The van der Waals surface area contributed by atoms with Gasteiger partial charge in [-0.2, -0.15) is 9.97 Å². The van der Waals surface area contributed by atoms with Crippen LogP contribution in [0.1, 0.15) is 44.9 Å². The SMILES string of the molecule is COCCN(C(=O)[C@H](C)Nc1nc(N2CCOCC2)cc(-n2c(C(F)F)nc3ccccc32)n1)C1CCCCC1N(C)C. The highest BCUT2D eigenvalue weighted by Gasteiger charge is 2.36. The summed E-state index contributed by atoms with van der Waals surface area (Å²) < 4.78 is 40.8. The number of likely N-dealkylation sites (N-methyl/N-ethyl adjacent to an activating group) is 1.